The second-order valence-corrected chi connectivity index (χ2v) is 4.48. The van der Waals surface area contributed by atoms with Crippen LogP contribution in [0.3, 0.4) is 0 Å². The molecule has 0 N–H and O–H groups in total. The van der Waals surface area contributed by atoms with Crippen molar-refractivity contribution in [3.63, 3.8) is 0 Å². The Labute approximate surface area is 119 Å². The second-order valence-electron chi connectivity index (χ2n) is 4.48. The number of halogens is 13. The van der Waals surface area contributed by atoms with Crippen LogP contribution in [0.2, 0.25) is 0 Å². The van der Waals surface area contributed by atoms with Crippen molar-refractivity contribution in [2.45, 2.75) is 55.9 Å². The van der Waals surface area contributed by atoms with E-state index in [0.717, 1.165) is 0 Å². The molecule has 0 aliphatic rings. The van der Waals surface area contributed by atoms with Gasteiger partial charge in [-0.25, -0.2) is 0 Å². The van der Waals surface area contributed by atoms with Crippen LogP contribution in [0, 0.1) is 0 Å². The van der Waals surface area contributed by atoms with E-state index in [-0.39, 0.29) is 0 Å². The summed E-state index contributed by atoms with van der Waals surface area (Å²) in [6, 6.07) is 0. The lowest BCUT2D eigenvalue weighted by Crippen LogP contribution is -2.70. The standard InChI is InChI=1S/C9H7F13O/c1-3(2)23-9(21,22)7(16,17)5(12,13)4(10,11)6(14,15)8(18,19)20/h3H,1-2H3. The van der Waals surface area contributed by atoms with Crippen LogP contribution in [0.5, 0.6) is 0 Å². The van der Waals surface area contributed by atoms with Crippen molar-refractivity contribution >= 4 is 0 Å². The van der Waals surface area contributed by atoms with E-state index >= 15 is 0 Å². The van der Waals surface area contributed by atoms with Gasteiger partial charge in [-0.2, -0.15) is 57.1 Å². The number of hydrogen-bond donors (Lipinski definition) is 0. The topological polar surface area (TPSA) is 9.23 Å². The van der Waals surface area contributed by atoms with Crippen LogP contribution in [0.1, 0.15) is 13.8 Å². The Morgan fingerprint density at radius 1 is 0.522 bits per heavy atom. The molecule has 0 rings (SSSR count). The van der Waals surface area contributed by atoms with Crippen LogP contribution < -0.4 is 0 Å². The van der Waals surface area contributed by atoms with Crippen molar-refractivity contribution in [2.24, 2.45) is 0 Å². The third kappa shape index (κ3) is 3.18. The van der Waals surface area contributed by atoms with Crippen molar-refractivity contribution in [1.82, 2.24) is 0 Å². The predicted molar refractivity (Wildman–Crippen MR) is 47.0 cm³/mol. The van der Waals surface area contributed by atoms with Gasteiger partial charge in [-0.1, -0.05) is 0 Å². The van der Waals surface area contributed by atoms with Crippen molar-refractivity contribution in [1.29, 1.82) is 0 Å². The smallest absolute Gasteiger partial charge is 0.313 e. The molecule has 0 aromatic carbocycles. The second kappa shape index (κ2) is 5.55. The predicted octanol–water partition coefficient (Wildman–Crippen LogP) is 5.11. The molecular weight excluding hydrogens is 371 g/mol. The summed E-state index contributed by atoms with van der Waals surface area (Å²) >= 11 is 0. The first-order chi connectivity index (χ1) is 9.67. The van der Waals surface area contributed by atoms with Crippen molar-refractivity contribution in [2.75, 3.05) is 0 Å². The summed E-state index contributed by atoms with van der Waals surface area (Å²) in [5.74, 6) is -30.8. The molecule has 14 heteroatoms. The molecule has 0 unspecified atom stereocenters. The highest BCUT2D eigenvalue weighted by Crippen LogP contribution is 2.60. The Kier molecular flexibility index (Phi) is 5.32. The molecule has 0 amide bonds. The van der Waals surface area contributed by atoms with Gasteiger partial charge in [-0.3, -0.25) is 0 Å². The molecule has 0 heterocycles. The normalized spacial score (nSPS) is 16.2. The fourth-order valence-corrected chi connectivity index (χ4v) is 1.13. The lowest BCUT2D eigenvalue weighted by atomic mass is 9.97. The molecule has 0 bridgehead atoms. The van der Waals surface area contributed by atoms with Crippen LogP contribution in [0.25, 0.3) is 0 Å². The molecule has 0 aliphatic heterocycles. The summed E-state index contributed by atoms with van der Waals surface area (Å²) in [7, 11) is 0. The van der Waals surface area contributed by atoms with Gasteiger partial charge in [-0.05, 0) is 13.8 Å². The van der Waals surface area contributed by atoms with Gasteiger partial charge < -0.3 is 4.74 Å². The molecule has 0 radical (unpaired) electrons. The summed E-state index contributed by atoms with van der Waals surface area (Å²) < 4.78 is 166. The van der Waals surface area contributed by atoms with E-state index in [1.165, 1.54) is 0 Å². The summed E-state index contributed by atoms with van der Waals surface area (Å²) in [6.45, 7) is 1.12. The van der Waals surface area contributed by atoms with Gasteiger partial charge >= 0.3 is 36.0 Å². The van der Waals surface area contributed by atoms with Crippen molar-refractivity contribution in [3.8, 4) is 0 Å². The van der Waals surface area contributed by atoms with Gasteiger partial charge in [0.25, 0.3) is 0 Å². The van der Waals surface area contributed by atoms with Gasteiger partial charge in [0.05, 0.1) is 6.10 Å². The molecule has 140 valence electrons. The van der Waals surface area contributed by atoms with E-state index in [4.69, 9.17) is 0 Å². The largest absolute Gasteiger partial charge is 0.460 e. The average Bonchev–Trinajstić information content (AvgIpc) is 2.24. The first kappa shape index (κ1) is 22.1. The number of alkyl halides is 13. The van der Waals surface area contributed by atoms with Gasteiger partial charge in [-0.15, -0.1) is 0 Å². The highest BCUT2D eigenvalue weighted by Gasteiger charge is 2.91. The zero-order valence-corrected chi connectivity index (χ0v) is 10.9. The lowest BCUT2D eigenvalue weighted by Gasteiger charge is -2.39. The highest BCUT2D eigenvalue weighted by molar-refractivity contribution is 5.08. The van der Waals surface area contributed by atoms with Crippen molar-refractivity contribution in [3.05, 3.63) is 0 Å². The number of ether oxygens (including phenoxy) is 1. The number of hydrogen-bond acceptors (Lipinski definition) is 1. The van der Waals surface area contributed by atoms with E-state index in [0.29, 0.717) is 13.8 Å². The zero-order chi connectivity index (χ0) is 19.3. The average molecular weight is 378 g/mol. The third-order valence-electron chi connectivity index (χ3n) is 2.29. The molecule has 0 aromatic rings. The van der Waals surface area contributed by atoms with Crippen LogP contribution >= 0.6 is 0 Å². The molecule has 1 nitrogen and oxygen atoms in total. The first-order valence-corrected chi connectivity index (χ1v) is 5.30. The minimum absolute atomic E-state index is 0.560. The highest BCUT2D eigenvalue weighted by atomic mass is 19.4. The minimum Gasteiger partial charge on any atom is -0.313 e. The summed E-state index contributed by atoms with van der Waals surface area (Å²) in [5.41, 5.74) is 0. The molecule has 0 saturated carbocycles. The lowest BCUT2D eigenvalue weighted by molar-refractivity contribution is -0.468. The quantitative estimate of drug-likeness (QED) is 0.584. The zero-order valence-electron chi connectivity index (χ0n) is 10.9. The Hall–Kier alpha value is -0.950. The number of rotatable bonds is 6. The maximum Gasteiger partial charge on any atom is 0.460 e. The van der Waals surface area contributed by atoms with Gasteiger partial charge in [0.15, 0.2) is 0 Å². The van der Waals surface area contributed by atoms with Gasteiger partial charge in [0.2, 0.25) is 0 Å². The first-order valence-electron chi connectivity index (χ1n) is 5.30. The molecule has 0 fully saturated rings. The summed E-state index contributed by atoms with van der Waals surface area (Å²) in [4.78, 5) is 0. The van der Waals surface area contributed by atoms with E-state index in [1.807, 2.05) is 0 Å². The van der Waals surface area contributed by atoms with Crippen LogP contribution in [-0.2, 0) is 4.74 Å². The summed E-state index contributed by atoms with van der Waals surface area (Å²) in [5, 5.41) is 0. The third-order valence-corrected chi connectivity index (χ3v) is 2.29. The SMILES string of the molecule is CC(C)OC(F)(F)C(F)(F)C(F)(F)C(F)(F)C(F)(F)C(F)(F)F. The van der Waals surface area contributed by atoms with Gasteiger partial charge in [0.1, 0.15) is 0 Å². The Morgan fingerprint density at radius 2 is 0.826 bits per heavy atom. The fourth-order valence-electron chi connectivity index (χ4n) is 1.13. The van der Waals surface area contributed by atoms with Crippen LogP contribution in [0.4, 0.5) is 57.1 Å². The summed E-state index contributed by atoms with van der Waals surface area (Å²) in [6.07, 6.45) is -15.9. The van der Waals surface area contributed by atoms with E-state index < -0.39 is 42.1 Å². The van der Waals surface area contributed by atoms with Crippen LogP contribution in [-0.4, -0.2) is 42.1 Å². The molecule has 23 heavy (non-hydrogen) atoms. The molecule has 0 aliphatic carbocycles. The molecule has 0 saturated heterocycles. The maximum absolute atomic E-state index is 12.9. The fraction of sp³-hybridized carbons (Fsp3) is 1.00. The maximum atomic E-state index is 12.9. The monoisotopic (exact) mass is 378 g/mol. The molecule has 0 atom stereocenters. The van der Waals surface area contributed by atoms with Crippen LogP contribution in [0.15, 0.2) is 0 Å². The van der Waals surface area contributed by atoms with E-state index in [9.17, 15) is 57.1 Å². The van der Waals surface area contributed by atoms with Gasteiger partial charge in [0, 0.05) is 0 Å². The Morgan fingerprint density at radius 3 is 1.09 bits per heavy atom. The molecule has 0 aromatic heterocycles. The van der Waals surface area contributed by atoms with E-state index in [1.54, 1.807) is 0 Å². The van der Waals surface area contributed by atoms with Crippen molar-refractivity contribution < 1.29 is 61.8 Å². The minimum atomic E-state index is -7.90. The Bertz CT molecular complexity index is 422. The molecule has 0 spiro atoms. The molecular formula is C9H7F13O. The Balaban J connectivity index is 6.14. The van der Waals surface area contributed by atoms with E-state index in [2.05, 4.69) is 4.74 Å².